The monoisotopic (exact) mass is 490 g/mol. The van der Waals surface area contributed by atoms with Gasteiger partial charge in [0.05, 0.1) is 23.4 Å². The molecule has 1 saturated heterocycles. The van der Waals surface area contributed by atoms with Gasteiger partial charge < -0.3 is 15.3 Å². The zero-order chi connectivity index (χ0) is 22.5. The highest BCUT2D eigenvalue weighted by atomic mass is 35.5. The average Bonchev–Trinajstić information content (AvgIpc) is 2.79. The number of aliphatic hydroxyl groups excluding tert-OH is 1. The number of halogens is 3. The van der Waals surface area contributed by atoms with Crippen molar-refractivity contribution in [3.63, 3.8) is 0 Å². The number of aromatic nitrogens is 1. The van der Waals surface area contributed by atoms with Gasteiger partial charge >= 0.3 is 0 Å². The van der Waals surface area contributed by atoms with E-state index in [9.17, 15) is 0 Å². The molecule has 32 heavy (non-hydrogen) atoms. The Balaban J connectivity index is 1.54. The molecule has 3 aromatic rings. The maximum absolute atomic E-state index is 8.94. The molecule has 0 amide bonds. The van der Waals surface area contributed by atoms with E-state index in [1.165, 1.54) is 5.56 Å². The van der Waals surface area contributed by atoms with Gasteiger partial charge in [0.25, 0.3) is 0 Å². The Hall–Kier alpha value is -2.02. The van der Waals surface area contributed by atoms with Gasteiger partial charge in [-0.15, -0.1) is 0 Å². The van der Waals surface area contributed by atoms with Crippen LogP contribution in [0.15, 0.2) is 60.8 Å². The van der Waals surface area contributed by atoms with E-state index in [0.717, 1.165) is 48.3 Å². The van der Waals surface area contributed by atoms with Gasteiger partial charge in [-0.2, -0.15) is 0 Å². The molecule has 5 nitrogen and oxygen atoms in total. The standard InChI is InChI=1S/C24H25Cl3N4O/c25-19-4-2-18(3-5-19)23-16-30(15-17-1-8-24(29-14-17)28-9-12-32)10-11-31(23)22-7-6-20(26)13-21(22)27/h1-8,13-14,23,32H,9-12,15-16H2,(H,28,29)/t23-/m0/s1. The van der Waals surface area contributed by atoms with Crippen molar-refractivity contribution >= 4 is 46.3 Å². The minimum atomic E-state index is 0.0808. The fraction of sp³-hybridized carbons (Fsp3) is 0.292. The summed E-state index contributed by atoms with van der Waals surface area (Å²) in [6.45, 7) is 3.94. The molecule has 2 aromatic carbocycles. The molecule has 4 rings (SSSR count). The minimum Gasteiger partial charge on any atom is -0.395 e. The van der Waals surface area contributed by atoms with Crippen LogP contribution >= 0.6 is 34.8 Å². The number of pyridine rings is 1. The van der Waals surface area contributed by atoms with Crippen LogP contribution in [0.25, 0.3) is 0 Å². The molecular weight excluding hydrogens is 467 g/mol. The molecule has 0 radical (unpaired) electrons. The molecule has 1 aliphatic rings. The van der Waals surface area contributed by atoms with Crippen LogP contribution in [-0.4, -0.2) is 47.8 Å². The molecule has 0 saturated carbocycles. The molecule has 1 fully saturated rings. The highest BCUT2D eigenvalue weighted by molar-refractivity contribution is 6.36. The van der Waals surface area contributed by atoms with Crippen molar-refractivity contribution in [2.24, 2.45) is 0 Å². The summed E-state index contributed by atoms with van der Waals surface area (Å²) in [6, 6.07) is 17.8. The van der Waals surface area contributed by atoms with Crippen LogP contribution in [0, 0.1) is 0 Å². The number of aliphatic hydroxyl groups is 1. The van der Waals surface area contributed by atoms with Gasteiger partial charge in [-0.1, -0.05) is 53.0 Å². The maximum Gasteiger partial charge on any atom is 0.125 e. The van der Waals surface area contributed by atoms with Crippen LogP contribution in [-0.2, 0) is 6.54 Å². The molecule has 168 valence electrons. The summed E-state index contributed by atoms with van der Waals surface area (Å²) in [5.74, 6) is 0.768. The fourth-order valence-corrected chi connectivity index (χ4v) is 4.66. The van der Waals surface area contributed by atoms with E-state index in [4.69, 9.17) is 39.9 Å². The van der Waals surface area contributed by atoms with Crippen LogP contribution in [0.4, 0.5) is 11.5 Å². The minimum absolute atomic E-state index is 0.0808. The first-order valence-electron chi connectivity index (χ1n) is 10.5. The van der Waals surface area contributed by atoms with Gasteiger partial charge in [0.2, 0.25) is 0 Å². The summed E-state index contributed by atoms with van der Waals surface area (Å²) in [5, 5.41) is 14.0. The van der Waals surface area contributed by atoms with E-state index >= 15 is 0 Å². The lowest BCUT2D eigenvalue weighted by Gasteiger charge is -2.43. The van der Waals surface area contributed by atoms with E-state index in [2.05, 4.69) is 38.3 Å². The number of benzene rings is 2. The molecule has 1 aliphatic heterocycles. The largest absolute Gasteiger partial charge is 0.395 e. The highest BCUT2D eigenvalue weighted by Gasteiger charge is 2.29. The molecule has 0 spiro atoms. The van der Waals surface area contributed by atoms with Crippen molar-refractivity contribution < 1.29 is 5.11 Å². The number of nitrogens with one attached hydrogen (secondary N) is 1. The van der Waals surface area contributed by atoms with Gasteiger partial charge in [0, 0.05) is 49.0 Å². The van der Waals surface area contributed by atoms with Crippen LogP contribution in [0.1, 0.15) is 17.2 Å². The SMILES string of the molecule is OCCNc1ccc(CN2CCN(c3ccc(Cl)cc3Cl)[C@H](c3ccc(Cl)cc3)C2)cn1. The molecule has 1 aromatic heterocycles. The summed E-state index contributed by atoms with van der Waals surface area (Å²) in [4.78, 5) is 9.22. The topological polar surface area (TPSA) is 51.6 Å². The third kappa shape index (κ3) is 5.66. The Kier molecular flexibility index (Phi) is 7.76. The first kappa shape index (κ1) is 23.1. The fourth-order valence-electron chi connectivity index (χ4n) is 4.02. The van der Waals surface area contributed by atoms with E-state index in [1.807, 2.05) is 36.5 Å². The van der Waals surface area contributed by atoms with Crippen LogP contribution in [0.5, 0.6) is 0 Å². The molecule has 8 heteroatoms. The first-order valence-corrected chi connectivity index (χ1v) is 11.7. The predicted octanol–water partition coefficient (Wildman–Crippen LogP) is 5.51. The number of piperazine rings is 1. The normalized spacial score (nSPS) is 16.9. The zero-order valence-corrected chi connectivity index (χ0v) is 19.8. The third-order valence-corrected chi connectivity index (χ3v) is 6.38. The number of nitrogens with zero attached hydrogens (tertiary/aromatic N) is 3. The van der Waals surface area contributed by atoms with Crippen molar-refractivity contribution in [1.29, 1.82) is 0 Å². The number of hydrogen-bond donors (Lipinski definition) is 2. The van der Waals surface area contributed by atoms with E-state index in [1.54, 1.807) is 6.07 Å². The lowest BCUT2D eigenvalue weighted by Crippen LogP contribution is -2.48. The van der Waals surface area contributed by atoms with Crippen molar-refractivity contribution in [1.82, 2.24) is 9.88 Å². The number of hydrogen-bond acceptors (Lipinski definition) is 5. The quantitative estimate of drug-likeness (QED) is 0.456. The second kappa shape index (κ2) is 10.7. The van der Waals surface area contributed by atoms with Crippen molar-refractivity contribution in [2.75, 3.05) is 43.0 Å². The lowest BCUT2D eigenvalue weighted by atomic mass is 10.0. The Morgan fingerprint density at radius 1 is 0.969 bits per heavy atom. The van der Waals surface area contributed by atoms with Crippen molar-refractivity contribution in [3.8, 4) is 0 Å². The van der Waals surface area contributed by atoms with E-state index in [0.29, 0.717) is 16.6 Å². The van der Waals surface area contributed by atoms with Crippen LogP contribution < -0.4 is 10.2 Å². The highest BCUT2D eigenvalue weighted by Crippen LogP contribution is 2.37. The summed E-state index contributed by atoms with van der Waals surface area (Å²) >= 11 is 18.8. The Morgan fingerprint density at radius 2 is 1.75 bits per heavy atom. The predicted molar refractivity (Wildman–Crippen MR) is 133 cm³/mol. The second-order valence-electron chi connectivity index (χ2n) is 7.79. The van der Waals surface area contributed by atoms with E-state index in [-0.39, 0.29) is 12.6 Å². The van der Waals surface area contributed by atoms with Gasteiger partial charge in [-0.3, -0.25) is 4.90 Å². The number of anilines is 2. The van der Waals surface area contributed by atoms with Gasteiger partial charge in [0.1, 0.15) is 5.82 Å². The molecule has 1 atom stereocenters. The molecular formula is C24H25Cl3N4O. The van der Waals surface area contributed by atoms with Gasteiger partial charge in [-0.25, -0.2) is 4.98 Å². The summed E-state index contributed by atoms with van der Waals surface area (Å²) < 4.78 is 0. The summed E-state index contributed by atoms with van der Waals surface area (Å²) in [6.07, 6.45) is 1.89. The molecule has 0 unspecified atom stereocenters. The first-order chi connectivity index (χ1) is 15.5. The third-order valence-electron chi connectivity index (χ3n) is 5.59. The molecule has 0 bridgehead atoms. The van der Waals surface area contributed by atoms with Crippen molar-refractivity contribution in [3.05, 3.63) is 87.0 Å². The van der Waals surface area contributed by atoms with Crippen LogP contribution in [0.3, 0.4) is 0 Å². The number of rotatable bonds is 7. The summed E-state index contributed by atoms with van der Waals surface area (Å²) in [7, 11) is 0. The average molecular weight is 492 g/mol. The summed E-state index contributed by atoms with van der Waals surface area (Å²) in [5.41, 5.74) is 3.32. The smallest absolute Gasteiger partial charge is 0.125 e. The molecule has 2 N–H and O–H groups in total. The lowest BCUT2D eigenvalue weighted by molar-refractivity contribution is 0.215. The Morgan fingerprint density at radius 3 is 2.44 bits per heavy atom. The molecule has 2 heterocycles. The molecule has 0 aliphatic carbocycles. The van der Waals surface area contributed by atoms with Crippen molar-refractivity contribution in [2.45, 2.75) is 12.6 Å². The Bertz CT molecular complexity index is 1030. The van der Waals surface area contributed by atoms with E-state index < -0.39 is 0 Å². The zero-order valence-electron chi connectivity index (χ0n) is 17.5. The maximum atomic E-state index is 8.94. The van der Waals surface area contributed by atoms with Crippen LogP contribution in [0.2, 0.25) is 15.1 Å². The second-order valence-corrected chi connectivity index (χ2v) is 9.07. The van der Waals surface area contributed by atoms with Gasteiger partial charge in [-0.05, 0) is 47.5 Å². The Labute approximate surface area is 203 Å². The van der Waals surface area contributed by atoms with Gasteiger partial charge in [0.15, 0.2) is 0 Å².